The van der Waals surface area contributed by atoms with Gasteiger partial charge in [-0.05, 0) is 0 Å². The zero-order valence-electron chi connectivity index (χ0n) is 4.05. The largest absolute Gasteiger partial charge is 3.00 e. The van der Waals surface area contributed by atoms with Crippen LogP contribution in [-0.2, 0) is 27.2 Å². The van der Waals surface area contributed by atoms with Crippen LogP contribution in [0.5, 0.6) is 0 Å². The average Bonchev–Trinajstić information content (AvgIpc) is 1.19. The molecule has 0 aliphatic heterocycles. The van der Waals surface area contributed by atoms with Gasteiger partial charge in [0, 0.05) is 10.4 Å². The van der Waals surface area contributed by atoms with Gasteiger partial charge in [0.05, 0.1) is 5.09 Å². The summed E-state index contributed by atoms with van der Waals surface area (Å²) in [5.74, 6) is 0. The van der Waals surface area contributed by atoms with Crippen molar-refractivity contribution in [1.82, 2.24) is 0 Å². The smallest absolute Gasteiger partial charge is 0.759 e. The van der Waals surface area contributed by atoms with Crippen molar-refractivity contribution in [2.75, 3.05) is 0 Å². The number of hydrogen-bond donors (Lipinski definition) is 0. The molecule has 10 heavy (non-hydrogen) atoms. The minimum absolute atomic E-state index is 0. The summed E-state index contributed by atoms with van der Waals surface area (Å²) in [6.45, 7) is 0. The average molecular weight is 217 g/mol. The van der Waals surface area contributed by atoms with Crippen molar-refractivity contribution in [2.45, 2.75) is 0 Å². The van der Waals surface area contributed by atoms with Crippen molar-refractivity contribution in [3.63, 3.8) is 0 Å². The van der Waals surface area contributed by atoms with E-state index in [0.717, 1.165) is 0 Å². The molecule has 0 amide bonds. The molecule has 0 spiro atoms. The molecule has 0 saturated carbocycles. The van der Waals surface area contributed by atoms with Crippen molar-refractivity contribution in [3.05, 3.63) is 15.3 Å². The van der Waals surface area contributed by atoms with E-state index in [1.54, 1.807) is 0 Å². The third kappa shape index (κ3) is 1830. The van der Waals surface area contributed by atoms with E-state index in [0.29, 0.717) is 0 Å². The molecule has 0 rings (SSSR count). The van der Waals surface area contributed by atoms with Crippen LogP contribution in [0.4, 0.5) is 0 Å². The Labute approximate surface area is 65.7 Å². The Balaban J connectivity index is -0.0000000910. The molecular weight excluding hydrogens is 217 g/mol. The maximum absolute atomic E-state index is 8.52. The number of rotatable bonds is 0. The van der Waals surface area contributed by atoms with Crippen molar-refractivity contribution in [1.29, 1.82) is 0 Å². The fourth-order valence-electron chi connectivity index (χ4n) is 0. The van der Waals surface area contributed by atoms with Gasteiger partial charge < -0.3 is 24.4 Å². The molecule has 0 bridgehead atoms. The van der Waals surface area contributed by atoms with Crippen molar-refractivity contribution in [2.24, 2.45) is 0 Å². The molecule has 0 aromatic heterocycles. The molecule has 0 atom stereocenters. The van der Waals surface area contributed by atoms with Gasteiger partial charge in [0.15, 0.2) is 0 Å². The van der Waals surface area contributed by atoms with Gasteiger partial charge in [0.25, 0.3) is 0 Å². The molecule has 0 fully saturated rings. The van der Waals surface area contributed by atoms with E-state index in [4.69, 9.17) is 32.8 Å². The predicted molar refractivity (Wildman–Crippen MR) is 20.8 cm³/mol. The van der Waals surface area contributed by atoms with E-state index in [-0.39, 0.29) is 16.8 Å². The van der Waals surface area contributed by atoms with E-state index in [2.05, 4.69) is 0 Å². The van der Waals surface area contributed by atoms with Gasteiger partial charge >= 0.3 is 16.8 Å². The summed E-state index contributed by atoms with van der Waals surface area (Å²) in [6.07, 6.45) is 0. The van der Waals surface area contributed by atoms with Crippen LogP contribution < -0.4 is 0 Å². The zero-order chi connectivity index (χ0) is 8.08. The van der Waals surface area contributed by atoms with Crippen LogP contribution in [-0.4, -0.2) is 22.6 Å². The van der Waals surface area contributed by atoms with Crippen LogP contribution in [0.1, 0.15) is 0 Å². The standard InChI is InChI=1S/Co.NO3.H2O4S/c;2-1(3)4;1-5(2,3)4/h;;(H2,1,2,3,4)/q+3;-1;/p-2. The molecule has 8 nitrogen and oxygen atoms in total. The Morgan fingerprint density at radius 1 is 1.10 bits per heavy atom. The predicted octanol–water partition coefficient (Wildman–Crippen LogP) is -1.58. The summed E-state index contributed by atoms with van der Waals surface area (Å²) in [6, 6.07) is 0. The van der Waals surface area contributed by atoms with Crippen LogP contribution in [0.2, 0.25) is 0 Å². The van der Waals surface area contributed by atoms with Crippen LogP contribution in [0.3, 0.4) is 0 Å². The fraction of sp³-hybridized carbons (Fsp3) is 0. The molecule has 0 N–H and O–H groups in total. The van der Waals surface area contributed by atoms with E-state index in [9.17, 15) is 0 Å². The maximum atomic E-state index is 8.52. The van der Waals surface area contributed by atoms with E-state index >= 15 is 0 Å². The third-order valence-corrected chi connectivity index (χ3v) is 0. The Morgan fingerprint density at radius 3 is 1.10 bits per heavy atom. The molecule has 10 heteroatoms. The first-order chi connectivity index (χ1) is 3.73. The normalized spacial score (nSPS) is 8.20. The quantitative estimate of drug-likeness (QED) is 0.206. The minimum Gasteiger partial charge on any atom is -0.759 e. The van der Waals surface area contributed by atoms with E-state index in [1.807, 2.05) is 0 Å². The summed E-state index contributed by atoms with van der Waals surface area (Å²) in [7, 11) is -5.17. The van der Waals surface area contributed by atoms with Crippen LogP contribution in [0, 0.1) is 15.3 Å². The van der Waals surface area contributed by atoms with Crippen molar-refractivity contribution >= 4 is 10.4 Å². The van der Waals surface area contributed by atoms with E-state index < -0.39 is 15.5 Å². The summed E-state index contributed by atoms with van der Waals surface area (Å²) in [4.78, 5) is 8.25. The van der Waals surface area contributed by atoms with Gasteiger partial charge in [-0.3, -0.25) is 8.42 Å². The Bertz CT molecular complexity index is 156. The zero-order valence-corrected chi connectivity index (χ0v) is 5.90. The Kier molecular flexibility index (Phi) is 10.9. The second-order valence-corrected chi connectivity index (χ2v) is 1.45. The number of nitrogens with zero attached hydrogens (tertiary/aromatic N) is 1. The first-order valence-electron chi connectivity index (χ1n) is 1.21. The topological polar surface area (TPSA) is 146 Å². The van der Waals surface area contributed by atoms with Gasteiger partial charge in [0.2, 0.25) is 0 Å². The van der Waals surface area contributed by atoms with Crippen LogP contribution in [0.25, 0.3) is 0 Å². The summed E-state index contributed by atoms with van der Waals surface area (Å²) in [5.41, 5.74) is 0. The SMILES string of the molecule is O=S(=O)([O-])[O-].O=[N+]([O-])[O-].[Co+3]. The second kappa shape index (κ2) is 6.69. The second-order valence-electron chi connectivity index (χ2n) is 0.632. The molecule has 0 heterocycles. The van der Waals surface area contributed by atoms with Crippen LogP contribution in [0.15, 0.2) is 0 Å². The van der Waals surface area contributed by atoms with E-state index in [1.165, 1.54) is 0 Å². The van der Waals surface area contributed by atoms with Gasteiger partial charge in [0.1, 0.15) is 0 Å². The molecule has 0 aliphatic carbocycles. The molecule has 0 unspecified atom stereocenters. The Morgan fingerprint density at radius 2 is 1.10 bits per heavy atom. The van der Waals surface area contributed by atoms with Crippen LogP contribution >= 0.6 is 0 Å². The Hall–Kier alpha value is -0.424. The van der Waals surface area contributed by atoms with Gasteiger partial charge in [-0.25, -0.2) is 0 Å². The maximum Gasteiger partial charge on any atom is 3.00 e. The number of hydrogen-bond acceptors (Lipinski definition) is 7. The molecule has 62 valence electrons. The van der Waals surface area contributed by atoms with Crippen molar-refractivity contribution < 1.29 is 39.4 Å². The molecular formula is CoNO7S. The molecule has 0 aromatic carbocycles. The minimum atomic E-state index is -5.17. The molecule has 0 aliphatic rings. The van der Waals surface area contributed by atoms with Crippen molar-refractivity contribution in [3.8, 4) is 0 Å². The van der Waals surface area contributed by atoms with Gasteiger partial charge in [-0.2, -0.15) is 0 Å². The first-order valence-corrected chi connectivity index (χ1v) is 2.55. The van der Waals surface area contributed by atoms with Gasteiger partial charge in [-0.1, -0.05) is 0 Å². The molecule has 0 saturated heterocycles. The molecule has 0 aromatic rings. The third-order valence-electron chi connectivity index (χ3n) is 0. The summed E-state index contributed by atoms with van der Waals surface area (Å²) < 4.78 is 34.1. The first kappa shape index (κ1) is 16.3. The van der Waals surface area contributed by atoms with Gasteiger partial charge in [-0.15, -0.1) is 0 Å². The molecule has 0 radical (unpaired) electrons. The monoisotopic (exact) mass is 217 g/mol. The summed E-state index contributed by atoms with van der Waals surface area (Å²) >= 11 is 0. The summed E-state index contributed by atoms with van der Waals surface area (Å²) in [5, 5.41) is 14.8. The fourth-order valence-corrected chi connectivity index (χ4v) is 0.